The van der Waals surface area contributed by atoms with Gasteiger partial charge in [-0.15, -0.1) is 0 Å². The first-order valence-electron chi connectivity index (χ1n) is 26.4. The van der Waals surface area contributed by atoms with Crippen molar-refractivity contribution in [2.45, 2.75) is 276 Å². The van der Waals surface area contributed by atoms with Gasteiger partial charge in [0.25, 0.3) is 0 Å². The van der Waals surface area contributed by atoms with E-state index in [1.54, 1.807) is 6.08 Å². The molecule has 2 unspecified atom stereocenters. The molecule has 0 saturated carbocycles. The van der Waals surface area contributed by atoms with Crippen LogP contribution >= 0.6 is 0 Å². The van der Waals surface area contributed by atoms with Crippen LogP contribution in [0, 0.1) is 0 Å². The van der Waals surface area contributed by atoms with Crippen LogP contribution in [0.5, 0.6) is 0 Å². The number of amides is 1. The van der Waals surface area contributed by atoms with Gasteiger partial charge in [-0.25, -0.2) is 0 Å². The van der Waals surface area contributed by atoms with Crippen LogP contribution in [0.25, 0.3) is 0 Å². The molecule has 0 bridgehead atoms. The van der Waals surface area contributed by atoms with Crippen LogP contribution in [0.3, 0.4) is 0 Å². The topological polar surface area (TPSA) is 95.9 Å². The molecule has 0 spiro atoms. The molecular formula is C55H101NO5. The molecule has 0 aliphatic carbocycles. The van der Waals surface area contributed by atoms with E-state index in [9.17, 15) is 19.8 Å². The number of esters is 1. The first kappa shape index (κ1) is 58.8. The van der Waals surface area contributed by atoms with Gasteiger partial charge in [-0.05, 0) is 70.6 Å². The van der Waals surface area contributed by atoms with Crippen LogP contribution in [0.1, 0.15) is 264 Å². The summed E-state index contributed by atoms with van der Waals surface area (Å²) in [6.45, 7) is 4.79. The average Bonchev–Trinajstić information content (AvgIpc) is 3.26. The van der Waals surface area contributed by atoms with Crippen molar-refractivity contribution in [1.29, 1.82) is 0 Å². The van der Waals surface area contributed by atoms with Gasteiger partial charge in [-0.1, -0.05) is 229 Å². The summed E-state index contributed by atoms with van der Waals surface area (Å²) in [6.07, 6.45) is 62.7. The molecule has 0 fully saturated rings. The van der Waals surface area contributed by atoms with Crippen LogP contribution < -0.4 is 5.32 Å². The Morgan fingerprint density at radius 1 is 0.459 bits per heavy atom. The van der Waals surface area contributed by atoms with E-state index in [1.165, 1.54) is 180 Å². The van der Waals surface area contributed by atoms with E-state index in [2.05, 4.69) is 49.5 Å². The lowest BCUT2D eigenvalue weighted by molar-refractivity contribution is -0.143. The van der Waals surface area contributed by atoms with E-state index in [4.69, 9.17) is 4.74 Å². The highest BCUT2D eigenvalue weighted by Crippen LogP contribution is 2.15. The second kappa shape index (κ2) is 50.5. The molecule has 6 nitrogen and oxygen atoms in total. The number of hydrogen-bond acceptors (Lipinski definition) is 5. The molecule has 6 heteroatoms. The number of unbranched alkanes of at least 4 members (excludes halogenated alkanes) is 31. The summed E-state index contributed by atoms with van der Waals surface area (Å²) in [6, 6.07) is -0.673. The minimum atomic E-state index is -0.880. The third-order valence-corrected chi connectivity index (χ3v) is 11.8. The van der Waals surface area contributed by atoms with Crippen molar-refractivity contribution in [2.75, 3.05) is 13.2 Å². The lowest BCUT2D eigenvalue weighted by Crippen LogP contribution is -2.45. The third-order valence-electron chi connectivity index (χ3n) is 11.8. The minimum absolute atomic E-state index is 0.0302. The summed E-state index contributed by atoms with van der Waals surface area (Å²) in [5.41, 5.74) is 0. The summed E-state index contributed by atoms with van der Waals surface area (Å²) < 4.78 is 5.42. The highest BCUT2D eigenvalue weighted by Gasteiger charge is 2.17. The Morgan fingerprint density at radius 2 is 0.852 bits per heavy atom. The van der Waals surface area contributed by atoms with Crippen molar-refractivity contribution < 1.29 is 24.5 Å². The number of carbonyl (C=O) groups is 2. The quantitative estimate of drug-likeness (QED) is 0.0322. The zero-order valence-corrected chi connectivity index (χ0v) is 40.4. The standard InChI is InChI=1S/C55H101NO5/c1-3-5-7-9-11-13-15-16-17-18-19-20-21-22-24-28-31-35-39-43-47-53(58)52(51-57)56-54(59)48-44-40-36-32-29-25-23-26-30-34-38-42-46-50-61-55(60)49-45-41-37-33-27-14-12-10-8-6-4-2/h10,12,25,29,36,40,43,47,52-53,57-58H,3-9,11,13-24,26-28,30-35,37-39,41-42,44-46,48-51H2,1-2H3,(H,56,59)/b12-10-,29-25-,40-36-,47-43+. The summed E-state index contributed by atoms with van der Waals surface area (Å²) >= 11 is 0. The molecule has 0 aliphatic heterocycles. The molecule has 0 rings (SSSR count). The molecule has 61 heavy (non-hydrogen) atoms. The van der Waals surface area contributed by atoms with E-state index in [1.807, 2.05) is 12.2 Å². The monoisotopic (exact) mass is 856 g/mol. The fourth-order valence-electron chi connectivity index (χ4n) is 7.72. The Kier molecular flexibility index (Phi) is 48.7. The van der Waals surface area contributed by atoms with Gasteiger partial charge in [-0.2, -0.15) is 0 Å². The van der Waals surface area contributed by atoms with Crippen molar-refractivity contribution in [1.82, 2.24) is 5.32 Å². The van der Waals surface area contributed by atoms with Crippen molar-refractivity contribution in [3.8, 4) is 0 Å². The zero-order chi connectivity index (χ0) is 44.4. The van der Waals surface area contributed by atoms with Gasteiger partial charge in [0.15, 0.2) is 0 Å². The Morgan fingerprint density at radius 3 is 1.34 bits per heavy atom. The van der Waals surface area contributed by atoms with Crippen LogP contribution in [-0.2, 0) is 14.3 Å². The SMILES string of the molecule is CCCC/C=C\CCCCCCCC(=O)OCCCCCCCC/C=C\C/C=C\CCC(=O)NC(CO)C(O)/C=C/CCCCCCCCCCCCCCCCCCCC. The maximum absolute atomic E-state index is 12.4. The number of hydrogen-bond donors (Lipinski definition) is 3. The minimum Gasteiger partial charge on any atom is -0.466 e. The first-order chi connectivity index (χ1) is 30.0. The van der Waals surface area contributed by atoms with Crippen molar-refractivity contribution in [2.24, 2.45) is 0 Å². The summed E-state index contributed by atoms with van der Waals surface area (Å²) in [5.74, 6) is -0.179. The summed E-state index contributed by atoms with van der Waals surface area (Å²) in [7, 11) is 0. The van der Waals surface area contributed by atoms with Gasteiger partial charge in [0.2, 0.25) is 5.91 Å². The van der Waals surface area contributed by atoms with Crippen LogP contribution in [0.4, 0.5) is 0 Å². The van der Waals surface area contributed by atoms with Crippen LogP contribution in [0.15, 0.2) is 48.6 Å². The molecule has 0 radical (unpaired) electrons. The smallest absolute Gasteiger partial charge is 0.305 e. The number of allylic oxidation sites excluding steroid dienone is 7. The van der Waals surface area contributed by atoms with Crippen LogP contribution in [0.2, 0.25) is 0 Å². The van der Waals surface area contributed by atoms with E-state index >= 15 is 0 Å². The molecule has 3 N–H and O–H groups in total. The van der Waals surface area contributed by atoms with Gasteiger partial charge in [-0.3, -0.25) is 9.59 Å². The largest absolute Gasteiger partial charge is 0.466 e. The Bertz CT molecular complexity index is 1040. The highest BCUT2D eigenvalue weighted by atomic mass is 16.5. The summed E-state index contributed by atoms with van der Waals surface area (Å²) in [5, 5.41) is 23.0. The third kappa shape index (κ3) is 47.1. The first-order valence-corrected chi connectivity index (χ1v) is 26.4. The molecule has 0 aromatic heterocycles. The van der Waals surface area contributed by atoms with Crippen LogP contribution in [-0.4, -0.2) is 47.4 Å². The van der Waals surface area contributed by atoms with Gasteiger partial charge in [0.05, 0.1) is 25.4 Å². The number of rotatable bonds is 48. The number of nitrogens with one attached hydrogen (secondary N) is 1. The van der Waals surface area contributed by atoms with Gasteiger partial charge >= 0.3 is 5.97 Å². The average molecular weight is 856 g/mol. The predicted octanol–water partition coefficient (Wildman–Crippen LogP) is 15.8. The molecule has 1 amide bonds. The van der Waals surface area contributed by atoms with E-state index < -0.39 is 12.1 Å². The molecule has 356 valence electrons. The van der Waals surface area contributed by atoms with Gasteiger partial charge < -0.3 is 20.3 Å². The molecule has 0 aromatic carbocycles. The van der Waals surface area contributed by atoms with Gasteiger partial charge in [0, 0.05) is 12.8 Å². The molecule has 0 saturated heterocycles. The number of aliphatic hydroxyl groups is 2. The normalized spacial score (nSPS) is 13.0. The molecule has 0 aromatic rings. The second-order valence-corrected chi connectivity index (χ2v) is 17.8. The molecule has 0 heterocycles. The Balaban J connectivity index is 3.61. The van der Waals surface area contributed by atoms with E-state index in [-0.39, 0.29) is 18.5 Å². The molecule has 2 atom stereocenters. The predicted molar refractivity (Wildman–Crippen MR) is 264 cm³/mol. The van der Waals surface area contributed by atoms with Gasteiger partial charge in [0.1, 0.15) is 0 Å². The van der Waals surface area contributed by atoms with Crippen molar-refractivity contribution >= 4 is 11.9 Å². The Labute approximate surface area is 378 Å². The maximum Gasteiger partial charge on any atom is 0.305 e. The van der Waals surface area contributed by atoms with Crippen molar-refractivity contribution in [3.63, 3.8) is 0 Å². The number of carbonyl (C=O) groups excluding carboxylic acids is 2. The lowest BCUT2D eigenvalue weighted by Gasteiger charge is -2.19. The van der Waals surface area contributed by atoms with E-state index in [0.29, 0.717) is 25.9 Å². The maximum atomic E-state index is 12.4. The number of aliphatic hydroxyl groups excluding tert-OH is 2. The second-order valence-electron chi connectivity index (χ2n) is 17.8. The molecule has 0 aliphatic rings. The van der Waals surface area contributed by atoms with Crippen molar-refractivity contribution in [3.05, 3.63) is 48.6 Å². The fraction of sp³-hybridized carbons (Fsp3) is 0.818. The highest BCUT2D eigenvalue weighted by molar-refractivity contribution is 5.76. The fourth-order valence-corrected chi connectivity index (χ4v) is 7.72. The number of ether oxygens (including phenoxy) is 1. The lowest BCUT2D eigenvalue weighted by atomic mass is 10.0. The van der Waals surface area contributed by atoms with E-state index in [0.717, 1.165) is 51.4 Å². The summed E-state index contributed by atoms with van der Waals surface area (Å²) in [4.78, 5) is 24.4. The molecular weight excluding hydrogens is 755 g/mol. The zero-order valence-electron chi connectivity index (χ0n) is 40.4. The Hall–Kier alpha value is -2.18.